The van der Waals surface area contributed by atoms with Crippen molar-refractivity contribution < 1.29 is 19.1 Å². The minimum Gasteiger partial charge on any atom is -0.469 e. The number of methoxy groups -OCH3 is 2. The van der Waals surface area contributed by atoms with E-state index in [4.69, 9.17) is 9.47 Å². The van der Waals surface area contributed by atoms with E-state index in [9.17, 15) is 9.59 Å². The third-order valence-corrected chi connectivity index (χ3v) is 5.50. The highest BCUT2D eigenvalue weighted by Crippen LogP contribution is 3.05. The van der Waals surface area contributed by atoms with Gasteiger partial charge in [-0.25, -0.2) is 0 Å². The van der Waals surface area contributed by atoms with Crippen LogP contribution in [-0.2, 0) is 19.1 Å². The summed E-state index contributed by atoms with van der Waals surface area (Å²) in [6, 6.07) is 0. The summed E-state index contributed by atoms with van der Waals surface area (Å²) in [5.74, 6) is 1.35. The zero-order valence-corrected chi connectivity index (χ0v) is 8.65. The zero-order valence-electron chi connectivity index (χ0n) is 8.65. The normalized spacial score (nSPS) is 60.1. The molecule has 4 heteroatoms. The maximum Gasteiger partial charge on any atom is 0.313 e. The minimum absolute atomic E-state index is 0.181. The Bertz CT molecular complexity index is 361. The minimum atomic E-state index is -0.454. The first-order valence-electron chi connectivity index (χ1n) is 5.35. The summed E-state index contributed by atoms with van der Waals surface area (Å²) >= 11 is 0. The van der Waals surface area contributed by atoms with Crippen molar-refractivity contribution in [2.24, 2.45) is 34.5 Å². The van der Waals surface area contributed by atoms with Gasteiger partial charge in [0.15, 0.2) is 0 Å². The molecule has 2 unspecified atom stereocenters. The van der Waals surface area contributed by atoms with Crippen molar-refractivity contribution in [3.05, 3.63) is 0 Å². The van der Waals surface area contributed by atoms with E-state index in [1.807, 2.05) is 0 Å². The Morgan fingerprint density at radius 1 is 1.00 bits per heavy atom. The molecule has 5 rings (SSSR count). The maximum atomic E-state index is 11.8. The monoisotopic (exact) mass is 208 g/mol. The molecule has 15 heavy (non-hydrogen) atoms. The van der Waals surface area contributed by atoms with Gasteiger partial charge >= 0.3 is 11.9 Å². The van der Waals surface area contributed by atoms with Crippen LogP contribution < -0.4 is 0 Å². The summed E-state index contributed by atoms with van der Waals surface area (Å²) in [4.78, 5) is 23.7. The van der Waals surface area contributed by atoms with Crippen molar-refractivity contribution in [3.63, 3.8) is 0 Å². The van der Waals surface area contributed by atoms with Gasteiger partial charge in [-0.3, -0.25) is 9.59 Å². The molecule has 0 N–H and O–H groups in total. The van der Waals surface area contributed by atoms with Crippen LogP contribution in [0.15, 0.2) is 0 Å². The summed E-state index contributed by atoms with van der Waals surface area (Å²) in [5, 5.41) is 0. The first-order valence-corrected chi connectivity index (χ1v) is 5.35. The van der Waals surface area contributed by atoms with E-state index in [0.29, 0.717) is 23.7 Å². The Balaban J connectivity index is 1.81. The summed E-state index contributed by atoms with van der Waals surface area (Å²) < 4.78 is 9.73. The first kappa shape index (κ1) is 8.13. The summed E-state index contributed by atoms with van der Waals surface area (Å²) in [5.41, 5.74) is -0.908. The number of esters is 2. The molecule has 0 heterocycles. The fourth-order valence-corrected chi connectivity index (χ4v) is 5.30. The Morgan fingerprint density at radius 3 is 1.67 bits per heavy atom. The predicted molar refractivity (Wildman–Crippen MR) is 47.5 cm³/mol. The molecule has 0 aromatic heterocycles. The van der Waals surface area contributed by atoms with Gasteiger partial charge in [-0.15, -0.1) is 0 Å². The molecule has 6 atom stereocenters. The van der Waals surface area contributed by atoms with Gasteiger partial charge < -0.3 is 9.47 Å². The van der Waals surface area contributed by atoms with Gasteiger partial charge in [-0.2, -0.15) is 0 Å². The van der Waals surface area contributed by atoms with Crippen molar-refractivity contribution in [2.45, 2.75) is 6.42 Å². The van der Waals surface area contributed by atoms with Gasteiger partial charge in [-0.05, 0) is 30.1 Å². The molecule has 0 aliphatic heterocycles. The Morgan fingerprint density at radius 2 is 1.40 bits per heavy atom. The van der Waals surface area contributed by atoms with Gasteiger partial charge in [0.05, 0.1) is 25.0 Å². The van der Waals surface area contributed by atoms with Crippen LogP contribution in [0.1, 0.15) is 6.42 Å². The Labute approximate surface area is 86.9 Å². The molecule has 0 spiro atoms. The van der Waals surface area contributed by atoms with Crippen molar-refractivity contribution in [2.75, 3.05) is 14.2 Å². The molecule has 0 aromatic rings. The van der Waals surface area contributed by atoms with Gasteiger partial charge in [0.2, 0.25) is 0 Å². The lowest BCUT2D eigenvalue weighted by molar-refractivity contribution is -0.168. The second kappa shape index (κ2) is 1.81. The van der Waals surface area contributed by atoms with Crippen LogP contribution in [0.4, 0.5) is 0 Å². The van der Waals surface area contributed by atoms with E-state index < -0.39 is 10.8 Å². The molecule has 0 saturated heterocycles. The topological polar surface area (TPSA) is 52.6 Å². The quantitative estimate of drug-likeness (QED) is 0.609. The third-order valence-electron chi connectivity index (χ3n) is 5.50. The van der Waals surface area contributed by atoms with Crippen molar-refractivity contribution >= 4 is 11.9 Å². The Kier molecular flexibility index (Phi) is 0.981. The largest absolute Gasteiger partial charge is 0.469 e. The van der Waals surface area contributed by atoms with Crippen LogP contribution in [0.5, 0.6) is 0 Å². The molecule has 4 nitrogen and oxygen atoms in total. The van der Waals surface area contributed by atoms with E-state index in [0.717, 1.165) is 6.42 Å². The van der Waals surface area contributed by atoms with E-state index >= 15 is 0 Å². The highest BCUT2D eigenvalue weighted by Gasteiger charge is 3.09. The van der Waals surface area contributed by atoms with Gasteiger partial charge in [0.1, 0.15) is 0 Å². The molecule has 80 valence electrons. The SMILES string of the molecule is COC(=O)[C@]12C3CC4[C@H]([C@H]31)[C@@]42C(=O)OC. The van der Waals surface area contributed by atoms with E-state index in [1.165, 1.54) is 14.2 Å². The smallest absolute Gasteiger partial charge is 0.313 e. The fraction of sp³-hybridized carbons (Fsp3) is 0.818. The van der Waals surface area contributed by atoms with Crippen LogP contribution in [-0.4, -0.2) is 26.2 Å². The zero-order chi connectivity index (χ0) is 10.6. The molecule has 2 bridgehead atoms. The van der Waals surface area contributed by atoms with Crippen LogP contribution in [0.2, 0.25) is 0 Å². The molecular formula is C11H12O4. The first-order chi connectivity index (χ1) is 7.18. The molecular weight excluding hydrogens is 196 g/mol. The van der Waals surface area contributed by atoms with Crippen molar-refractivity contribution in [1.82, 2.24) is 0 Å². The number of ether oxygens (including phenoxy) is 2. The predicted octanol–water partition coefficient (Wildman–Crippen LogP) is 0.214. The fourth-order valence-electron chi connectivity index (χ4n) is 5.30. The molecule has 0 aromatic carbocycles. The summed E-state index contributed by atoms with van der Waals surface area (Å²) in [6.45, 7) is 0. The molecule has 5 aliphatic carbocycles. The van der Waals surface area contributed by atoms with E-state index in [1.54, 1.807) is 0 Å². The molecule has 0 radical (unpaired) electrons. The molecule has 5 fully saturated rings. The van der Waals surface area contributed by atoms with Crippen molar-refractivity contribution in [3.8, 4) is 0 Å². The lowest BCUT2D eigenvalue weighted by atomic mass is 9.72. The lowest BCUT2D eigenvalue weighted by Gasteiger charge is -2.31. The number of carbonyl (C=O) groups is 2. The van der Waals surface area contributed by atoms with Crippen LogP contribution in [0, 0.1) is 34.5 Å². The second-order valence-electron chi connectivity index (χ2n) is 5.22. The lowest BCUT2D eigenvalue weighted by Crippen LogP contribution is -2.44. The van der Waals surface area contributed by atoms with Gasteiger partial charge in [0, 0.05) is 0 Å². The summed E-state index contributed by atoms with van der Waals surface area (Å²) in [7, 11) is 2.81. The highest BCUT2D eigenvalue weighted by atomic mass is 16.5. The van der Waals surface area contributed by atoms with Crippen LogP contribution >= 0.6 is 0 Å². The number of hydrogen-bond acceptors (Lipinski definition) is 4. The third kappa shape index (κ3) is 0.431. The standard InChI is InChI=1S/C11H12O4/c1-14-8(12)10-4-3-5-7(6(4)10)11(5,10)9(13)15-2/h4-7H,3H2,1-2H3/t4?,5?,6-,7+,10-,11+. The molecule has 5 saturated carbocycles. The number of rotatable bonds is 2. The highest BCUT2D eigenvalue weighted by molar-refractivity contribution is 6.01. The van der Waals surface area contributed by atoms with E-state index in [2.05, 4.69) is 0 Å². The summed E-state index contributed by atoms with van der Waals surface area (Å²) in [6.07, 6.45) is 1.03. The number of carbonyl (C=O) groups excluding carboxylic acids is 2. The molecule has 5 aliphatic rings. The average molecular weight is 208 g/mol. The second-order valence-corrected chi connectivity index (χ2v) is 5.22. The maximum absolute atomic E-state index is 11.8. The van der Waals surface area contributed by atoms with Crippen molar-refractivity contribution in [1.29, 1.82) is 0 Å². The Hall–Kier alpha value is -1.06. The van der Waals surface area contributed by atoms with Crippen LogP contribution in [0.25, 0.3) is 0 Å². The average Bonchev–Trinajstić information content (AvgIpc) is 2.88. The van der Waals surface area contributed by atoms with E-state index in [-0.39, 0.29) is 11.9 Å². The number of hydrogen-bond donors (Lipinski definition) is 0. The van der Waals surface area contributed by atoms with Gasteiger partial charge in [0.25, 0.3) is 0 Å². The van der Waals surface area contributed by atoms with Gasteiger partial charge in [-0.1, -0.05) is 0 Å². The van der Waals surface area contributed by atoms with Crippen LogP contribution in [0.3, 0.4) is 0 Å². The molecule has 0 amide bonds.